The van der Waals surface area contributed by atoms with E-state index in [0.29, 0.717) is 12.5 Å². The first-order valence-electron chi connectivity index (χ1n) is 4.84. The van der Waals surface area contributed by atoms with Crippen LogP contribution in [0.1, 0.15) is 12.8 Å². The number of halogens is 1. The Labute approximate surface area is 88.8 Å². The van der Waals surface area contributed by atoms with Crippen LogP contribution in [0.2, 0.25) is 0 Å². The summed E-state index contributed by atoms with van der Waals surface area (Å²) < 4.78 is 11.3. The van der Waals surface area contributed by atoms with Gasteiger partial charge in [-0.25, -0.2) is 0 Å². The molecule has 1 unspecified atom stereocenters. The van der Waals surface area contributed by atoms with Gasteiger partial charge in [0.05, 0.1) is 0 Å². The van der Waals surface area contributed by atoms with Crippen molar-refractivity contribution in [2.75, 3.05) is 12.5 Å². The van der Waals surface area contributed by atoms with Gasteiger partial charge in [-0.1, -0.05) is 12.1 Å². The maximum absolute atomic E-state index is 5.75. The summed E-state index contributed by atoms with van der Waals surface area (Å²) in [6.07, 6.45) is 2.08. The van der Waals surface area contributed by atoms with Gasteiger partial charge >= 0.3 is 0 Å². The Bertz CT molecular complexity index is 301. The molecule has 0 spiro atoms. The van der Waals surface area contributed by atoms with Crippen molar-refractivity contribution in [1.29, 1.82) is 0 Å². The van der Waals surface area contributed by atoms with Crippen LogP contribution in [0, 0.1) is 0 Å². The summed E-state index contributed by atoms with van der Waals surface area (Å²) in [5.74, 6) is 2.37. The summed E-state index contributed by atoms with van der Waals surface area (Å²) in [6.45, 7) is 0.633. The Morgan fingerprint density at radius 2 is 2.07 bits per heavy atom. The van der Waals surface area contributed by atoms with E-state index in [1.54, 1.807) is 0 Å². The predicted octanol–water partition coefficient (Wildman–Crippen LogP) is 2.85. The monoisotopic (exact) mass is 212 g/mol. The summed E-state index contributed by atoms with van der Waals surface area (Å²) in [5.41, 5.74) is 0. The van der Waals surface area contributed by atoms with Crippen LogP contribution in [0.25, 0.3) is 0 Å². The average Bonchev–Trinajstić information content (AvgIpc) is 2.26. The van der Waals surface area contributed by atoms with Crippen molar-refractivity contribution in [2.45, 2.75) is 18.9 Å². The highest BCUT2D eigenvalue weighted by molar-refractivity contribution is 6.17. The predicted molar refractivity (Wildman–Crippen MR) is 56.3 cm³/mol. The van der Waals surface area contributed by atoms with Crippen molar-refractivity contribution in [1.82, 2.24) is 0 Å². The highest BCUT2D eigenvalue weighted by atomic mass is 35.5. The van der Waals surface area contributed by atoms with Crippen LogP contribution in [-0.2, 0) is 0 Å². The SMILES string of the molecule is ClCCCC1COc2ccccc2O1. The summed E-state index contributed by atoms with van der Waals surface area (Å²) in [5, 5.41) is 0. The van der Waals surface area contributed by atoms with Crippen LogP contribution in [0.15, 0.2) is 24.3 Å². The van der Waals surface area contributed by atoms with Gasteiger partial charge in [0.15, 0.2) is 11.5 Å². The molecule has 0 bridgehead atoms. The third-order valence-electron chi connectivity index (χ3n) is 2.23. The molecular weight excluding hydrogens is 200 g/mol. The first-order valence-corrected chi connectivity index (χ1v) is 5.38. The van der Waals surface area contributed by atoms with Crippen LogP contribution in [0.4, 0.5) is 0 Å². The third-order valence-corrected chi connectivity index (χ3v) is 2.49. The lowest BCUT2D eigenvalue weighted by molar-refractivity contribution is 0.0845. The molecule has 0 radical (unpaired) electrons. The maximum Gasteiger partial charge on any atom is 0.161 e. The van der Waals surface area contributed by atoms with E-state index >= 15 is 0 Å². The minimum absolute atomic E-state index is 0.156. The molecule has 1 aromatic carbocycles. The quantitative estimate of drug-likeness (QED) is 0.718. The fourth-order valence-electron chi connectivity index (χ4n) is 1.51. The van der Waals surface area contributed by atoms with Crippen molar-refractivity contribution < 1.29 is 9.47 Å². The minimum atomic E-state index is 0.156. The third kappa shape index (κ3) is 2.13. The van der Waals surface area contributed by atoms with Gasteiger partial charge in [0, 0.05) is 5.88 Å². The Morgan fingerprint density at radius 1 is 1.29 bits per heavy atom. The maximum atomic E-state index is 5.75. The van der Waals surface area contributed by atoms with E-state index in [-0.39, 0.29) is 6.10 Å². The largest absolute Gasteiger partial charge is 0.486 e. The Balaban J connectivity index is 1.99. The Hall–Kier alpha value is -0.890. The van der Waals surface area contributed by atoms with Gasteiger partial charge < -0.3 is 9.47 Å². The van der Waals surface area contributed by atoms with Crippen LogP contribution in [0.5, 0.6) is 11.5 Å². The Morgan fingerprint density at radius 3 is 2.86 bits per heavy atom. The molecule has 2 nitrogen and oxygen atoms in total. The number of rotatable bonds is 3. The van der Waals surface area contributed by atoms with Crippen molar-refractivity contribution in [3.63, 3.8) is 0 Å². The smallest absolute Gasteiger partial charge is 0.161 e. The van der Waals surface area contributed by atoms with Crippen molar-refractivity contribution in [3.8, 4) is 11.5 Å². The molecule has 0 aromatic heterocycles. The van der Waals surface area contributed by atoms with E-state index in [1.807, 2.05) is 24.3 Å². The molecule has 0 N–H and O–H groups in total. The second kappa shape index (κ2) is 4.56. The Kier molecular flexibility index (Phi) is 3.14. The molecule has 14 heavy (non-hydrogen) atoms. The molecule has 0 saturated heterocycles. The fraction of sp³-hybridized carbons (Fsp3) is 0.455. The number of alkyl halides is 1. The first-order chi connectivity index (χ1) is 6.90. The first kappa shape index (κ1) is 9.66. The molecule has 1 aliphatic heterocycles. The molecule has 76 valence electrons. The summed E-state index contributed by atoms with van der Waals surface area (Å²) in [4.78, 5) is 0. The van der Waals surface area contributed by atoms with Gasteiger partial charge in [-0.2, -0.15) is 0 Å². The lowest BCUT2D eigenvalue weighted by atomic mass is 10.2. The molecule has 0 saturated carbocycles. The fourth-order valence-corrected chi connectivity index (χ4v) is 1.66. The van der Waals surface area contributed by atoms with Crippen LogP contribution >= 0.6 is 11.6 Å². The molecule has 2 rings (SSSR count). The number of benzene rings is 1. The number of para-hydroxylation sites is 2. The second-order valence-corrected chi connectivity index (χ2v) is 3.71. The lowest BCUT2D eigenvalue weighted by Crippen LogP contribution is -2.28. The second-order valence-electron chi connectivity index (χ2n) is 3.33. The van der Waals surface area contributed by atoms with Crippen molar-refractivity contribution in [3.05, 3.63) is 24.3 Å². The number of fused-ring (bicyclic) bond motifs is 1. The molecule has 0 amide bonds. The van der Waals surface area contributed by atoms with Gasteiger partial charge in [-0.05, 0) is 25.0 Å². The zero-order valence-electron chi connectivity index (χ0n) is 7.91. The zero-order chi connectivity index (χ0) is 9.80. The standard InChI is InChI=1S/C11H13ClO2/c12-7-3-4-9-8-13-10-5-1-2-6-11(10)14-9/h1-2,5-6,9H,3-4,7-8H2. The van der Waals surface area contributed by atoms with E-state index in [1.165, 1.54) is 0 Å². The van der Waals surface area contributed by atoms with Gasteiger partial charge in [0.2, 0.25) is 0 Å². The normalized spacial score (nSPS) is 19.4. The van der Waals surface area contributed by atoms with Crippen LogP contribution < -0.4 is 9.47 Å². The van der Waals surface area contributed by atoms with Crippen molar-refractivity contribution in [2.24, 2.45) is 0 Å². The highest BCUT2D eigenvalue weighted by Gasteiger charge is 2.19. The van der Waals surface area contributed by atoms with E-state index < -0.39 is 0 Å². The van der Waals surface area contributed by atoms with Gasteiger partial charge in [-0.3, -0.25) is 0 Å². The molecule has 0 aliphatic carbocycles. The summed E-state index contributed by atoms with van der Waals surface area (Å²) in [6, 6.07) is 7.75. The zero-order valence-corrected chi connectivity index (χ0v) is 8.67. The number of hydrogen-bond donors (Lipinski definition) is 0. The molecule has 1 atom stereocenters. The summed E-state index contributed by atoms with van der Waals surface area (Å²) in [7, 11) is 0. The molecule has 3 heteroatoms. The molecule has 0 fully saturated rings. The minimum Gasteiger partial charge on any atom is -0.486 e. The number of ether oxygens (including phenoxy) is 2. The van der Waals surface area contributed by atoms with Gasteiger partial charge in [-0.15, -0.1) is 11.6 Å². The van der Waals surface area contributed by atoms with E-state index in [9.17, 15) is 0 Å². The van der Waals surface area contributed by atoms with E-state index in [4.69, 9.17) is 21.1 Å². The van der Waals surface area contributed by atoms with Gasteiger partial charge in [0.1, 0.15) is 12.7 Å². The highest BCUT2D eigenvalue weighted by Crippen LogP contribution is 2.31. The van der Waals surface area contributed by atoms with Gasteiger partial charge in [0.25, 0.3) is 0 Å². The molecular formula is C11H13ClO2. The average molecular weight is 213 g/mol. The molecule has 1 aromatic rings. The van der Waals surface area contributed by atoms with Crippen LogP contribution in [0.3, 0.4) is 0 Å². The van der Waals surface area contributed by atoms with E-state index in [2.05, 4.69) is 0 Å². The molecule has 1 heterocycles. The van der Waals surface area contributed by atoms with Crippen molar-refractivity contribution >= 4 is 11.6 Å². The lowest BCUT2D eigenvalue weighted by Gasteiger charge is -2.26. The van der Waals surface area contributed by atoms with Crippen LogP contribution in [-0.4, -0.2) is 18.6 Å². The molecule has 1 aliphatic rings. The topological polar surface area (TPSA) is 18.5 Å². The van der Waals surface area contributed by atoms with E-state index in [0.717, 1.165) is 24.3 Å². The summed E-state index contributed by atoms with van der Waals surface area (Å²) >= 11 is 5.62. The number of hydrogen-bond acceptors (Lipinski definition) is 2.